The average Bonchev–Trinajstić information content (AvgIpc) is 3.41. The number of carbonyl (C=O) groups is 1. The Morgan fingerprint density at radius 3 is 3.00 bits per heavy atom. The van der Waals surface area contributed by atoms with E-state index in [2.05, 4.69) is 15.1 Å². The van der Waals surface area contributed by atoms with E-state index in [0.717, 1.165) is 36.2 Å². The zero-order valence-corrected chi connectivity index (χ0v) is 14.5. The molecule has 0 spiro atoms. The van der Waals surface area contributed by atoms with E-state index in [1.807, 2.05) is 34.5 Å². The highest BCUT2D eigenvalue weighted by molar-refractivity contribution is 7.12. The molecule has 1 aliphatic rings. The van der Waals surface area contributed by atoms with Crippen molar-refractivity contribution in [3.63, 3.8) is 0 Å². The van der Waals surface area contributed by atoms with Gasteiger partial charge >= 0.3 is 0 Å². The summed E-state index contributed by atoms with van der Waals surface area (Å²) in [4.78, 5) is 23.8. The molecule has 25 heavy (non-hydrogen) atoms. The summed E-state index contributed by atoms with van der Waals surface area (Å²) in [6.07, 6.45) is 7.04. The number of nitrogens with zero attached hydrogens (tertiary/aromatic N) is 4. The van der Waals surface area contributed by atoms with Crippen molar-refractivity contribution in [2.45, 2.75) is 31.7 Å². The summed E-state index contributed by atoms with van der Waals surface area (Å²) >= 11 is 1.50. The minimum absolute atomic E-state index is 0.142. The van der Waals surface area contributed by atoms with Gasteiger partial charge in [-0.3, -0.25) is 9.78 Å². The molecule has 7 heteroatoms. The van der Waals surface area contributed by atoms with Crippen molar-refractivity contribution < 1.29 is 9.32 Å². The van der Waals surface area contributed by atoms with E-state index in [-0.39, 0.29) is 11.9 Å². The number of carbonyl (C=O) groups excluding carboxylic acids is 1. The number of amides is 1. The van der Waals surface area contributed by atoms with Crippen molar-refractivity contribution in [3.8, 4) is 11.5 Å². The Balaban J connectivity index is 1.39. The largest absolute Gasteiger partial charge is 0.335 e. The molecule has 1 saturated heterocycles. The Hall–Kier alpha value is -2.54. The Labute approximate surface area is 149 Å². The summed E-state index contributed by atoms with van der Waals surface area (Å²) < 4.78 is 5.33. The fourth-order valence-corrected chi connectivity index (χ4v) is 3.89. The van der Waals surface area contributed by atoms with Crippen LogP contribution in [0.1, 0.15) is 34.8 Å². The standard InChI is InChI=1S/C18H18N4O2S/c23-18(15-4-2-12-25-15)22-11-1-3-14(22)5-6-16-20-17(24-21-16)13-7-9-19-10-8-13/h2,4,7-10,12,14H,1,3,5-6,11H2. The van der Waals surface area contributed by atoms with Crippen molar-refractivity contribution in [2.24, 2.45) is 0 Å². The van der Waals surface area contributed by atoms with Gasteiger partial charge in [-0.1, -0.05) is 11.2 Å². The lowest BCUT2D eigenvalue weighted by Gasteiger charge is -2.23. The predicted octanol–water partition coefficient (Wildman–Crippen LogP) is 3.43. The second-order valence-electron chi connectivity index (χ2n) is 6.06. The highest BCUT2D eigenvalue weighted by Gasteiger charge is 2.29. The molecule has 1 atom stereocenters. The molecule has 0 radical (unpaired) electrons. The van der Waals surface area contributed by atoms with Crippen LogP contribution in [0.15, 0.2) is 46.6 Å². The summed E-state index contributed by atoms with van der Waals surface area (Å²) in [5.41, 5.74) is 0.865. The second kappa shape index (κ2) is 7.14. The highest BCUT2D eigenvalue weighted by Crippen LogP contribution is 2.25. The Morgan fingerprint density at radius 2 is 2.20 bits per heavy atom. The first-order chi connectivity index (χ1) is 12.3. The monoisotopic (exact) mass is 354 g/mol. The molecule has 0 saturated carbocycles. The van der Waals surface area contributed by atoms with E-state index in [0.29, 0.717) is 18.1 Å². The van der Waals surface area contributed by atoms with Crippen molar-refractivity contribution in [1.82, 2.24) is 20.0 Å². The van der Waals surface area contributed by atoms with Crippen LogP contribution in [0.25, 0.3) is 11.5 Å². The maximum atomic E-state index is 12.6. The molecule has 1 aliphatic heterocycles. The number of hydrogen-bond donors (Lipinski definition) is 0. The van der Waals surface area contributed by atoms with Gasteiger partial charge < -0.3 is 9.42 Å². The van der Waals surface area contributed by atoms with Crippen LogP contribution in [0.4, 0.5) is 0 Å². The summed E-state index contributed by atoms with van der Waals surface area (Å²) in [6.45, 7) is 0.829. The molecule has 4 heterocycles. The maximum absolute atomic E-state index is 12.6. The van der Waals surface area contributed by atoms with Crippen LogP contribution in [0.5, 0.6) is 0 Å². The van der Waals surface area contributed by atoms with Gasteiger partial charge in [0.15, 0.2) is 5.82 Å². The van der Waals surface area contributed by atoms with Crippen molar-refractivity contribution in [2.75, 3.05) is 6.54 Å². The van der Waals surface area contributed by atoms with E-state index < -0.39 is 0 Å². The van der Waals surface area contributed by atoms with Gasteiger partial charge in [0, 0.05) is 37.0 Å². The van der Waals surface area contributed by atoms with Gasteiger partial charge in [-0.25, -0.2) is 0 Å². The van der Waals surface area contributed by atoms with E-state index in [1.54, 1.807) is 12.4 Å². The normalized spacial score (nSPS) is 17.1. The molecule has 0 aromatic carbocycles. The molecular formula is C18H18N4O2S. The first-order valence-electron chi connectivity index (χ1n) is 8.39. The van der Waals surface area contributed by atoms with Gasteiger partial charge in [0.25, 0.3) is 11.8 Å². The first-order valence-corrected chi connectivity index (χ1v) is 9.26. The smallest absolute Gasteiger partial charge is 0.264 e. The molecule has 0 N–H and O–H groups in total. The molecule has 3 aromatic heterocycles. The quantitative estimate of drug-likeness (QED) is 0.702. The molecule has 6 nitrogen and oxygen atoms in total. The molecule has 128 valence electrons. The van der Waals surface area contributed by atoms with Crippen molar-refractivity contribution in [3.05, 3.63) is 52.7 Å². The third-order valence-electron chi connectivity index (χ3n) is 4.47. The molecule has 1 amide bonds. The molecule has 3 aromatic rings. The molecule has 0 aliphatic carbocycles. The zero-order chi connectivity index (χ0) is 17.1. The summed E-state index contributed by atoms with van der Waals surface area (Å²) in [7, 11) is 0. The molecule has 1 unspecified atom stereocenters. The zero-order valence-electron chi connectivity index (χ0n) is 13.7. The minimum atomic E-state index is 0.142. The lowest BCUT2D eigenvalue weighted by atomic mass is 10.1. The number of thiophene rings is 1. The minimum Gasteiger partial charge on any atom is -0.335 e. The predicted molar refractivity (Wildman–Crippen MR) is 94.2 cm³/mol. The number of aromatic nitrogens is 3. The lowest BCUT2D eigenvalue weighted by molar-refractivity contribution is 0.0735. The van der Waals surface area contributed by atoms with Crippen LogP contribution in [0.3, 0.4) is 0 Å². The number of hydrogen-bond acceptors (Lipinski definition) is 6. The number of likely N-dealkylation sites (tertiary alicyclic amines) is 1. The first kappa shape index (κ1) is 16.0. The van der Waals surface area contributed by atoms with Crippen LogP contribution in [0, 0.1) is 0 Å². The van der Waals surface area contributed by atoms with Crippen LogP contribution < -0.4 is 0 Å². The topological polar surface area (TPSA) is 72.1 Å². The SMILES string of the molecule is O=C(c1cccs1)N1CCCC1CCc1noc(-c2ccncc2)n1. The van der Waals surface area contributed by atoms with Crippen LogP contribution in [0.2, 0.25) is 0 Å². The number of pyridine rings is 1. The van der Waals surface area contributed by atoms with Gasteiger partial charge in [0.05, 0.1) is 4.88 Å². The van der Waals surface area contributed by atoms with Crippen molar-refractivity contribution in [1.29, 1.82) is 0 Å². The van der Waals surface area contributed by atoms with Crippen LogP contribution in [-0.4, -0.2) is 38.5 Å². The van der Waals surface area contributed by atoms with Gasteiger partial charge in [0.1, 0.15) is 0 Å². The second-order valence-corrected chi connectivity index (χ2v) is 7.01. The van der Waals surface area contributed by atoms with Gasteiger partial charge in [-0.15, -0.1) is 11.3 Å². The summed E-state index contributed by atoms with van der Waals surface area (Å²) in [5.74, 6) is 1.33. The van der Waals surface area contributed by atoms with Gasteiger partial charge in [-0.05, 0) is 42.8 Å². The highest BCUT2D eigenvalue weighted by atomic mass is 32.1. The molecule has 4 rings (SSSR count). The fourth-order valence-electron chi connectivity index (χ4n) is 3.21. The maximum Gasteiger partial charge on any atom is 0.264 e. The Morgan fingerprint density at radius 1 is 1.32 bits per heavy atom. The van der Waals surface area contributed by atoms with E-state index in [9.17, 15) is 4.79 Å². The van der Waals surface area contributed by atoms with Gasteiger partial charge in [0.2, 0.25) is 0 Å². The molecule has 1 fully saturated rings. The van der Waals surface area contributed by atoms with E-state index >= 15 is 0 Å². The van der Waals surface area contributed by atoms with Gasteiger partial charge in [-0.2, -0.15) is 4.98 Å². The third-order valence-corrected chi connectivity index (χ3v) is 5.32. The average molecular weight is 354 g/mol. The Bertz CT molecular complexity index is 832. The van der Waals surface area contributed by atoms with E-state index in [1.165, 1.54) is 11.3 Å². The molecular weight excluding hydrogens is 336 g/mol. The fraction of sp³-hybridized carbons (Fsp3) is 0.333. The number of aryl methyl sites for hydroxylation is 1. The van der Waals surface area contributed by atoms with E-state index in [4.69, 9.17) is 4.52 Å². The number of rotatable bonds is 5. The van der Waals surface area contributed by atoms with Crippen LogP contribution in [-0.2, 0) is 6.42 Å². The Kier molecular flexibility index (Phi) is 4.56. The third kappa shape index (κ3) is 3.46. The van der Waals surface area contributed by atoms with Crippen LogP contribution >= 0.6 is 11.3 Å². The molecule has 0 bridgehead atoms. The summed E-state index contributed by atoms with van der Waals surface area (Å²) in [6, 6.07) is 7.74. The summed E-state index contributed by atoms with van der Waals surface area (Å²) in [5, 5.41) is 6.01. The van der Waals surface area contributed by atoms with Crippen molar-refractivity contribution >= 4 is 17.2 Å². The lowest BCUT2D eigenvalue weighted by Crippen LogP contribution is -2.35.